The van der Waals surface area contributed by atoms with Crippen LogP contribution in [-0.4, -0.2) is 41.1 Å². The first-order valence-corrected chi connectivity index (χ1v) is 13.1. The van der Waals surface area contributed by atoms with E-state index in [9.17, 15) is 19.5 Å². The van der Waals surface area contributed by atoms with E-state index >= 15 is 0 Å². The van der Waals surface area contributed by atoms with Gasteiger partial charge in [-0.1, -0.05) is 91.0 Å². The van der Waals surface area contributed by atoms with Crippen molar-refractivity contribution in [1.29, 1.82) is 0 Å². The van der Waals surface area contributed by atoms with Gasteiger partial charge in [0.2, 0.25) is 0 Å². The normalized spacial score (nSPS) is 13.2. The number of aliphatic carboxylic acids is 1. The van der Waals surface area contributed by atoms with E-state index in [0.29, 0.717) is 19.3 Å². The van der Waals surface area contributed by atoms with Crippen molar-refractivity contribution < 1.29 is 29.0 Å². The number of carbonyl (C=O) groups excluding carboxylic acids is 2. The van der Waals surface area contributed by atoms with Gasteiger partial charge in [-0.25, -0.2) is 0 Å². The lowest BCUT2D eigenvalue weighted by molar-refractivity contribution is -0.149. The van der Waals surface area contributed by atoms with E-state index in [0.717, 1.165) is 16.7 Å². The number of carboxylic acid groups (broad SMARTS) is 1. The van der Waals surface area contributed by atoms with E-state index in [1.165, 1.54) is 0 Å². The van der Waals surface area contributed by atoms with Crippen LogP contribution >= 0.6 is 0 Å². The molecule has 3 rings (SSSR count). The summed E-state index contributed by atoms with van der Waals surface area (Å²) in [7, 11) is 0. The molecule has 0 aliphatic heterocycles. The van der Waals surface area contributed by atoms with E-state index in [4.69, 9.17) is 15.2 Å². The zero-order chi connectivity index (χ0) is 27.9. The lowest BCUT2D eigenvalue weighted by Crippen LogP contribution is -2.48. The van der Waals surface area contributed by atoms with E-state index in [1.807, 2.05) is 91.0 Å². The highest BCUT2D eigenvalue weighted by molar-refractivity contribution is 5.79. The topological polar surface area (TPSA) is 128 Å². The number of aryl methyl sites for hydroxylation is 1. The number of benzene rings is 3. The number of carboxylic acids is 1. The highest BCUT2D eigenvalue weighted by Gasteiger charge is 2.27. The molecule has 3 atom stereocenters. The Hall–Kier alpha value is -4.01. The van der Waals surface area contributed by atoms with Crippen LogP contribution in [0.1, 0.15) is 42.4 Å². The van der Waals surface area contributed by atoms with Gasteiger partial charge in [0.05, 0.1) is 0 Å². The van der Waals surface area contributed by atoms with Crippen LogP contribution in [0.15, 0.2) is 91.0 Å². The van der Waals surface area contributed by atoms with E-state index < -0.39 is 36.0 Å². The summed E-state index contributed by atoms with van der Waals surface area (Å²) in [6.07, 6.45) is 1.74. The van der Waals surface area contributed by atoms with E-state index in [-0.39, 0.29) is 26.1 Å². The highest BCUT2D eigenvalue weighted by Crippen LogP contribution is 2.12. The van der Waals surface area contributed by atoms with Gasteiger partial charge in [0.1, 0.15) is 31.3 Å². The van der Waals surface area contributed by atoms with Crippen molar-refractivity contribution in [2.24, 2.45) is 5.73 Å². The molecule has 0 aliphatic rings. The molecule has 0 aromatic heterocycles. The number of nitrogens with one attached hydrogen (secondary N) is 1. The van der Waals surface area contributed by atoms with Crippen molar-refractivity contribution in [1.82, 2.24) is 5.32 Å². The Morgan fingerprint density at radius 2 is 1.15 bits per heavy atom. The molecule has 4 N–H and O–H groups in total. The van der Waals surface area contributed by atoms with Crippen LogP contribution < -0.4 is 11.1 Å². The number of rotatable bonds is 16. The van der Waals surface area contributed by atoms with Gasteiger partial charge in [0, 0.05) is 0 Å². The molecule has 0 saturated heterocycles. The second-order valence-corrected chi connectivity index (χ2v) is 9.36. The van der Waals surface area contributed by atoms with Gasteiger partial charge < -0.3 is 20.3 Å². The number of esters is 2. The molecule has 8 nitrogen and oxygen atoms in total. The molecule has 0 radical (unpaired) electrons. The summed E-state index contributed by atoms with van der Waals surface area (Å²) in [4.78, 5) is 37.3. The first-order valence-electron chi connectivity index (χ1n) is 13.1. The summed E-state index contributed by atoms with van der Waals surface area (Å²) < 4.78 is 10.8. The third kappa shape index (κ3) is 10.7. The first kappa shape index (κ1) is 29.5. The molecule has 0 fully saturated rings. The maximum Gasteiger partial charge on any atom is 0.323 e. The smallest absolute Gasteiger partial charge is 0.323 e. The van der Waals surface area contributed by atoms with Gasteiger partial charge in [0.25, 0.3) is 0 Å². The Balaban J connectivity index is 1.53. The van der Waals surface area contributed by atoms with E-state index in [2.05, 4.69) is 5.32 Å². The molecule has 206 valence electrons. The van der Waals surface area contributed by atoms with Crippen LogP contribution in [0.5, 0.6) is 0 Å². The van der Waals surface area contributed by atoms with Crippen molar-refractivity contribution in [3.05, 3.63) is 108 Å². The van der Waals surface area contributed by atoms with Crippen molar-refractivity contribution in [3.63, 3.8) is 0 Å². The summed E-state index contributed by atoms with van der Waals surface area (Å²) in [5.41, 5.74) is 8.72. The molecule has 0 aliphatic carbocycles. The molecule has 0 saturated carbocycles. The molecule has 39 heavy (non-hydrogen) atoms. The van der Waals surface area contributed by atoms with Crippen molar-refractivity contribution in [2.75, 3.05) is 0 Å². The maximum atomic E-state index is 13.0. The molecule has 0 spiro atoms. The zero-order valence-electron chi connectivity index (χ0n) is 21.9. The predicted molar refractivity (Wildman–Crippen MR) is 147 cm³/mol. The fourth-order valence-electron chi connectivity index (χ4n) is 4.07. The van der Waals surface area contributed by atoms with Crippen LogP contribution in [0.3, 0.4) is 0 Å². The molecule has 0 amide bonds. The van der Waals surface area contributed by atoms with Gasteiger partial charge in [-0.05, 0) is 48.8 Å². The van der Waals surface area contributed by atoms with Gasteiger partial charge in [-0.15, -0.1) is 0 Å². The van der Waals surface area contributed by atoms with Gasteiger partial charge >= 0.3 is 17.9 Å². The number of hydrogen-bond acceptors (Lipinski definition) is 7. The Bertz CT molecular complexity index is 1160. The summed E-state index contributed by atoms with van der Waals surface area (Å²) in [5, 5.41) is 12.8. The third-order valence-electron chi connectivity index (χ3n) is 6.31. The van der Waals surface area contributed by atoms with Gasteiger partial charge in [-0.2, -0.15) is 0 Å². The molecular formula is C31H36N2O6. The summed E-state index contributed by atoms with van der Waals surface area (Å²) in [6, 6.07) is 25.5. The van der Waals surface area contributed by atoms with Gasteiger partial charge in [0.15, 0.2) is 0 Å². The zero-order valence-corrected chi connectivity index (χ0v) is 21.9. The molecule has 0 heterocycles. The minimum Gasteiger partial charge on any atom is -0.480 e. The average molecular weight is 533 g/mol. The SMILES string of the molecule is NC(CCC[C@H](NC(CCc1ccccc1)C(=O)OCc1ccccc1)C(=O)O)C(=O)OCc1ccccc1. The van der Waals surface area contributed by atoms with E-state index in [1.54, 1.807) is 0 Å². The van der Waals surface area contributed by atoms with Crippen molar-refractivity contribution in [2.45, 2.75) is 63.4 Å². The van der Waals surface area contributed by atoms with Crippen LogP contribution in [0.2, 0.25) is 0 Å². The van der Waals surface area contributed by atoms with Crippen molar-refractivity contribution >= 4 is 17.9 Å². The van der Waals surface area contributed by atoms with Crippen molar-refractivity contribution in [3.8, 4) is 0 Å². The quantitative estimate of drug-likeness (QED) is 0.236. The van der Waals surface area contributed by atoms with Crippen LogP contribution in [0.25, 0.3) is 0 Å². The Labute approximate surface area is 229 Å². The second kappa shape index (κ2) is 16.1. The molecular weight excluding hydrogens is 496 g/mol. The lowest BCUT2D eigenvalue weighted by atomic mass is 10.0. The first-order chi connectivity index (χ1) is 18.9. The largest absolute Gasteiger partial charge is 0.480 e. The second-order valence-electron chi connectivity index (χ2n) is 9.36. The molecule has 0 bridgehead atoms. The molecule has 3 aromatic rings. The minimum absolute atomic E-state index is 0.0981. The Morgan fingerprint density at radius 3 is 1.67 bits per heavy atom. The van der Waals surface area contributed by atoms with Crippen LogP contribution in [-0.2, 0) is 43.5 Å². The maximum absolute atomic E-state index is 13.0. The molecule has 8 heteroatoms. The fraction of sp³-hybridized carbons (Fsp3) is 0.323. The lowest BCUT2D eigenvalue weighted by Gasteiger charge is -2.23. The predicted octanol–water partition coefficient (Wildman–Crippen LogP) is 4.02. The third-order valence-corrected chi connectivity index (χ3v) is 6.31. The molecule has 2 unspecified atom stereocenters. The number of hydrogen-bond donors (Lipinski definition) is 3. The highest BCUT2D eigenvalue weighted by atomic mass is 16.5. The standard InChI is InChI=1S/C31H36N2O6/c32-26(30(36)38-21-24-13-6-2-7-14-24)17-10-18-27(29(34)35)33-28(20-19-23-11-4-1-5-12-23)31(37)39-22-25-15-8-3-9-16-25/h1-9,11-16,26-28,33H,10,17-22,32H2,(H,34,35)/t26?,27-,28?/m0/s1. The minimum atomic E-state index is -1.09. The average Bonchev–Trinajstić information content (AvgIpc) is 2.97. The monoisotopic (exact) mass is 532 g/mol. The number of ether oxygens (including phenoxy) is 2. The Morgan fingerprint density at radius 1 is 0.667 bits per heavy atom. The number of carbonyl (C=O) groups is 3. The van der Waals surface area contributed by atoms with Gasteiger partial charge in [-0.3, -0.25) is 19.7 Å². The fourth-order valence-corrected chi connectivity index (χ4v) is 4.07. The summed E-state index contributed by atoms with van der Waals surface area (Å²) in [5.74, 6) is -2.14. The van der Waals surface area contributed by atoms with Crippen LogP contribution in [0.4, 0.5) is 0 Å². The van der Waals surface area contributed by atoms with Crippen LogP contribution in [0, 0.1) is 0 Å². The summed E-state index contributed by atoms with van der Waals surface area (Å²) >= 11 is 0. The molecule has 3 aromatic carbocycles. The summed E-state index contributed by atoms with van der Waals surface area (Å²) in [6.45, 7) is 0.224. The number of nitrogens with two attached hydrogens (primary N) is 1. The Kier molecular flexibility index (Phi) is 12.2.